The Balaban J connectivity index is 1.70. The van der Waals surface area contributed by atoms with Crippen molar-refractivity contribution in [1.29, 1.82) is 0 Å². The van der Waals surface area contributed by atoms with E-state index in [1.165, 1.54) is 5.56 Å². The second kappa shape index (κ2) is 10.4. The van der Waals surface area contributed by atoms with E-state index in [-0.39, 0.29) is 41.8 Å². The van der Waals surface area contributed by atoms with Crippen molar-refractivity contribution in [3.8, 4) is 5.75 Å². The standard InChI is InChI=1S/C27H45NO6Si/c1-25(2,3)35(6,7)34-24-12-13-27-14-22(24)26(17-31-19-29-4,18-32-20-30-5)16-28(27)15-21-10-8-9-11-23(21)33-27/h8-11,22,24H,12-20H2,1-7H3/t22-,24-,27-/m0/s1. The van der Waals surface area contributed by atoms with Crippen molar-refractivity contribution < 1.29 is 28.1 Å². The van der Waals surface area contributed by atoms with Gasteiger partial charge in [0.05, 0.1) is 13.2 Å². The SMILES string of the molecule is COCOCC1(COCOC)CN2Cc3ccccc3O[C@]23CC[C@H](O[Si](C)(C)C(C)(C)C)[C@@H]1C3. The van der Waals surface area contributed by atoms with Gasteiger partial charge in [-0.25, -0.2) is 0 Å². The molecule has 3 atom stereocenters. The summed E-state index contributed by atoms with van der Waals surface area (Å²) >= 11 is 0. The molecule has 0 radical (unpaired) electrons. The molecule has 2 bridgehead atoms. The minimum atomic E-state index is -1.98. The van der Waals surface area contributed by atoms with Crippen LogP contribution in [-0.4, -0.2) is 72.6 Å². The average Bonchev–Trinajstić information content (AvgIpc) is 2.80. The summed E-state index contributed by atoms with van der Waals surface area (Å²) in [5.41, 5.74) is 0.669. The normalized spacial score (nSPS) is 28.2. The number of hydrogen-bond donors (Lipinski definition) is 0. The fourth-order valence-electron chi connectivity index (χ4n) is 5.89. The molecule has 1 saturated heterocycles. The Hall–Kier alpha value is -1.00. The fraction of sp³-hybridized carbons (Fsp3) is 0.778. The van der Waals surface area contributed by atoms with E-state index in [9.17, 15) is 0 Å². The highest BCUT2D eigenvalue weighted by molar-refractivity contribution is 6.74. The third-order valence-corrected chi connectivity index (χ3v) is 13.2. The lowest BCUT2D eigenvalue weighted by molar-refractivity contribution is -0.252. The van der Waals surface area contributed by atoms with Crippen LogP contribution in [0.5, 0.6) is 5.75 Å². The third kappa shape index (κ3) is 5.35. The summed E-state index contributed by atoms with van der Waals surface area (Å²) in [4.78, 5) is 2.53. The third-order valence-electron chi connectivity index (χ3n) is 8.74. The van der Waals surface area contributed by atoms with Gasteiger partial charge in [0.15, 0.2) is 14.0 Å². The Morgan fingerprint density at radius 2 is 1.71 bits per heavy atom. The smallest absolute Gasteiger partial charge is 0.192 e. The monoisotopic (exact) mass is 507 g/mol. The minimum Gasteiger partial charge on any atom is -0.472 e. The van der Waals surface area contributed by atoms with E-state index in [4.69, 9.17) is 28.1 Å². The van der Waals surface area contributed by atoms with Crippen molar-refractivity contribution in [3.05, 3.63) is 29.8 Å². The zero-order chi connectivity index (χ0) is 25.3. The lowest BCUT2D eigenvalue weighted by Gasteiger charge is -2.63. The molecule has 1 aliphatic carbocycles. The van der Waals surface area contributed by atoms with Crippen molar-refractivity contribution in [2.45, 2.75) is 76.5 Å². The zero-order valence-electron chi connectivity index (χ0n) is 22.7. The maximum atomic E-state index is 7.13. The van der Waals surface area contributed by atoms with Crippen molar-refractivity contribution in [1.82, 2.24) is 4.90 Å². The summed E-state index contributed by atoms with van der Waals surface area (Å²) < 4.78 is 36.7. The van der Waals surface area contributed by atoms with E-state index in [0.717, 1.165) is 38.1 Å². The Morgan fingerprint density at radius 3 is 2.34 bits per heavy atom. The lowest BCUT2D eigenvalue weighted by atomic mass is 9.61. The van der Waals surface area contributed by atoms with E-state index in [0.29, 0.717) is 13.2 Å². The fourth-order valence-corrected chi connectivity index (χ4v) is 7.28. The molecule has 1 spiro atoms. The highest BCUT2D eigenvalue weighted by Crippen LogP contribution is 2.56. The molecule has 1 aromatic carbocycles. The van der Waals surface area contributed by atoms with Crippen LogP contribution < -0.4 is 4.74 Å². The quantitative estimate of drug-likeness (QED) is 0.251. The molecular formula is C27H45NO6Si. The first-order valence-electron chi connectivity index (χ1n) is 12.9. The van der Waals surface area contributed by atoms with E-state index in [2.05, 4.69) is 63.0 Å². The summed E-state index contributed by atoms with van der Waals surface area (Å²) in [6.45, 7) is 14.9. The van der Waals surface area contributed by atoms with Gasteiger partial charge in [-0.15, -0.1) is 0 Å². The maximum absolute atomic E-state index is 7.13. The van der Waals surface area contributed by atoms with Crippen LogP contribution in [0.25, 0.3) is 0 Å². The topological polar surface area (TPSA) is 58.6 Å². The number of hydrogen-bond acceptors (Lipinski definition) is 7. The van der Waals surface area contributed by atoms with Crippen molar-refractivity contribution >= 4 is 8.32 Å². The Labute approximate surface area is 212 Å². The van der Waals surface area contributed by atoms with Gasteiger partial charge in [-0.3, -0.25) is 4.90 Å². The van der Waals surface area contributed by atoms with E-state index >= 15 is 0 Å². The number of rotatable bonds is 10. The van der Waals surface area contributed by atoms with Gasteiger partial charge in [0.2, 0.25) is 0 Å². The summed E-state index contributed by atoms with van der Waals surface area (Å²) in [6, 6.07) is 8.44. The number of methoxy groups -OCH3 is 2. The molecule has 0 aromatic heterocycles. The average molecular weight is 508 g/mol. The van der Waals surface area contributed by atoms with Crippen LogP contribution >= 0.6 is 0 Å². The number of benzene rings is 1. The van der Waals surface area contributed by atoms with Crippen LogP contribution in [0.1, 0.15) is 45.6 Å². The molecule has 0 unspecified atom stereocenters. The first-order chi connectivity index (χ1) is 16.6. The van der Waals surface area contributed by atoms with Gasteiger partial charge in [0.1, 0.15) is 19.3 Å². The van der Waals surface area contributed by atoms with E-state index in [1.807, 2.05) is 0 Å². The first kappa shape index (κ1) is 27.0. The largest absolute Gasteiger partial charge is 0.472 e. The molecule has 2 fully saturated rings. The van der Waals surface area contributed by atoms with Crippen molar-refractivity contribution in [2.24, 2.45) is 11.3 Å². The predicted octanol–water partition coefficient (Wildman–Crippen LogP) is 5.01. The van der Waals surface area contributed by atoms with E-state index < -0.39 is 8.32 Å². The van der Waals surface area contributed by atoms with Crippen LogP contribution in [0.2, 0.25) is 18.1 Å². The Bertz CT molecular complexity index is 848. The Morgan fingerprint density at radius 1 is 1.06 bits per heavy atom. The second-order valence-electron chi connectivity index (χ2n) is 12.2. The van der Waals surface area contributed by atoms with Crippen LogP contribution in [0, 0.1) is 11.3 Å². The highest BCUT2D eigenvalue weighted by Gasteiger charge is 2.62. The molecule has 0 N–H and O–H groups in total. The summed E-state index contributed by atoms with van der Waals surface area (Å²) in [5, 5.41) is 0.144. The highest BCUT2D eigenvalue weighted by atomic mass is 28.4. The molecule has 8 heteroatoms. The Kier molecular flexibility index (Phi) is 8.03. The van der Waals surface area contributed by atoms with Crippen molar-refractivity contribution in [3.63, 3.8) is 0 Å². The van der Waals surface area contributed by atoms with Gasteiger partial charge in [0, 0.05) is 63.2 Å². The maximum Gasteiger partial charge on any atom is 0.192 e. The number of para-hydroxylation sites is 1. The zero-order valence-corrected chi connectivity index (χ0v) is 23.7. The summed E-state index contributed by atoms with van der Waals surface area (Å²) in [7, 11) is 1.36. The minimum absolute atomic E-state index is 0.140. The molecule has 35 heavy (non-hydrogen) atoms. The van der Waals surface area contributed by atoms with Crippen LogP contribution in [0.15, 0.2) is 24.3 Å². The van der Waals surface area contributed by atoms with E-state index in [1.54, 1.807) is 14.2 Å². The van der Waals surface area contributed by atoms with Crippen molar-refractivity contribution in [2.75, 3.05) is 47.6 Å². The molecule has 4 rings (SSSR count). The molecular weight excluding hydrogens is 462 g/mol. The second-order valence-corrected chi connectivity index (χ2v) is 16.9. The molecule has 3 aliphatic rings. The van der Waals surface area contributed by atoms with Crippen LogP contribution in [0.3, 0.4) is 0 Å². The predicted molar refractivity (Wildman–Crippen MR) is 138 cm³/mol. The van der Waals surface area contributed by atoms with Gasteiger partial charge in [-0.1, -0.05) is 39.0 Å². The molecule has 1 aromatic rings. The van der Waals surface area contributed by atoms with Gasteiger partial charge in [0.25, 0.3) is 0 Å². The summed E-state index contributed by atoms with van der Waals surface area (Å²) in [6.07, 6.45) is 2.96. The number of nitrogens with zero attached hydrogens (tertiary/aromatic N) is 1. The molecule has 2 heterocycles. The number of ether oxygens (including phenoxy) is 5. The molecule has 7 nitrogen and oxygen atoms in total. The molecule has 2 aliphatic heterocycles. The van der Waals surface area contributed by atoms with Gasteiger partial charge in [-0.2, -0.15) is 0 Å². The van der Waals surface area contributed by atoms with Gasteiger partial charge in [-0.05, 0) is 30.6 Å². The number of fused-ring (bicyclic) bond motifs is 2. The molecule has 198 valence electrons. The molecule has 0 amide bonds. The first-order valence-corrected chi connectivity index (χ1v) is 15.8. The number of piperidine rings is 1. The van der Waals surface area contributed by atoms with Gasteiger partial charge >= 0.3 is 0 Å². The summed E-state index contributed by atoms with van der Waals surface area (Å²) in [5.74, 6) is 1.26. The van der Waals surface area contributed by atoms with Crippen LogP contribution in [0.4, 0.5) is 0 Å². The lowest BCUT2D eigenvalue weighted by Crippen LogP contribution is -2.71. The molecule has 1 saturated carbocycles. The van der Waals surface area contributed by atoms with Gasteiger partial charge < -0.3 is 28.1 Å². The van der Waals surface area contributed by atoms with Crippen LogP contribution in [-0.2, 0) is 29.9 Å².